The number of hydrogen-bond donors (Lipinski definition) is 0. The van der Waals surface area contributed by atoms with E-state index in [0.29, 0.717) is 0 Å². The monoisotopic (exact) mass is 433 g/mol. The fourth-order valence-electron chi connectivity index (χ4n) is 3.75. The molecule has 33 heavy (non-hydrogen) atoms. The maximum absolute atomic E-state index is 5.44. The number of aryl methyl sites for hydroxylation is 1. The Morgan fingerprint density at radius 3 is 1.79 bits per heavy atom. The normalized spacial score (nSPS) is 14.9. The Kier molecular flexibility index (Phi) is 6.18. The highest BCUT2D eigenvalue weighted by Crippen LogP contribution is 2.34. The van der Waals surface area contributed by atoms with Crippen LogP contribution in [0.4, 0.5) is 22.7 Å². The molecule has 1 unspecified atom stereocenters. The zero-order valence-electron chi connectivity index (χ0n) is 18.7. The van der Waals surface area contributed by atoms with Crippen molar-refractivity contribution < 1.29 is 4.74 Å². The minimum absolute atomic E-state index is 0.260. The summed E-state index contributed by atoms with van der Waals surface area (Å²) in [6.07, 6.45) is 2.18. The molecular weight excluding hydrogens is 406 g/mol. The number of nitrogens with zero attached hydrogens (tertiary/aromatic N) is 3. The summed E-state index contributed by atoms with van der Waals surface area (Å²) in [5, 5.41) is 6.80. The van der Waals surface area contributed by atoms with Gasteiger partial charge in [0.25, 0.3) is 0 Å². The van der Waals surface area contributed by atoms with Crippen molar-refractivity contribution in [3.8, 4) is 0 Å². The number of epoxide rings is 1. The summed E-state index contributed by atoms with van der Waals surface area (Å²) >= 11 is 0. The lowest BCUT2D eigenvalue weighted by atomic mass is 10.1. The van der Waals surface area contributed by atoms with Gasteiger partial charge < -0.3 is 9.64 Å². The smallest absolute Gasteiger partial charge is 0.101 e. The van der Waals surface area contributed by atoms with Crippen molar-refractivity contribution in [1.82, 2.24) is 0 Å². The van der Waals surface area contributed by atoms with Crippen LogP contribution in [-0.2, 0) is 4.74 Å². The number of hydrazone groups is 1. The standard InChI is InChI=1S/C29H27N3O/c1-23-12-16-25(17-13-23)31(21-29-22-33-29)30-20-24-14-18-28(19-15-24)32(26-8-4-2-5-9-26)27-10-6-3-7-11-27/h2-20,29H,21-22H2,1H3/b30-20+. The van der Waals surface area contributed by atoms with Gasteiger partial charge >= 0.3 is 0 Å². The predicted octanol–water partition coefficient (Wildman–Crippen LogP) is 6.70. The maximum Gasteiger partial charge on any atom is 0.101 e. The van der Waals surface area contributed by atoms with Gasteiger partial charge in [-0.25, -0.2) is 0 Å². The Morgan fingerprint density at radius 2 is 1.24 bits per heavy atom. The third-order valence-electron chi connectivity index (χ3n) is 5.64. The van der Waals surface area contributed by atoms with Crippen molar-refractivity contribution in [1.29, 1.82) is 0 Å². The fourth-order valence-corrected chi connectivity index (χ4v) is 3.75. The van der Waals surface area contributed by atoms with E-state index in [9.17, 15) is 0 Å². The minimum atomic E-state index is 0.260. The molecule has 1 aliphatic heterocycles. The summed E-state index contributed by atoms with van der Waals surface area (Å²) in [7, 11) is 0. The summed E-state index contributed by atoms with van der Waals surface area (Å²) < 4.78 is 5.44. The molecule has 1 saturated heterocycles. The molecule has 4 heteroatoms. The van der Waals surface area contributed by atoms with Crippen LogP contribution >= 0.6 is 0 Å². The molecule has 0 aromatic heterocycles. The Balaban J connectivity index is 1.39. The Bertz CT molecular complexity index is 1150. The Morgan fingerprint density at radius 1 is 0.727 bits per heavy atom. The first-order valence-corrected chi connectivity index (χ1v) is 11.3. The summed E-state index contributed by atoms with van der Waals surface area (Å²) in [4.78, 5) is 2.25. The van der Waals surface area contributed by atoms with E-state index in [-0.39, 0.29) is 6.10 Å². The largest absolute Gasteiger partial charge is 0.371 e. The molecule has 4 nitrogen and oxygen atoms in total. The lowest BCUT2D eigenvalue weighted by Crippen LogP contribution is -2.22. The van der Waals surface area contributed by atoms with Gasteiger partial charge in [0.2, 0.25) is 0 Å². The second-order valence-electron chi connectivity index (χ2n) is 8.22. The van der Waals surface area contributed by atoms with E-state index < -0.39 is 0 Å². The first-order valence-electron chi connectivity index (χ1n) is 11.3. The zero-order chi connectivity index (χ0) is 22.5. The summed E-state index contributed by atoms with van der Waals surface area (Å²) in [5.41, 5.74) is 6.71. The average molecular weight is 434 g/mol. The van der Waals surface area contributed by atoms with Gasteiger partial charge in [0.05, 0.1) is 25.1 Å². The third kappa shape index (κ3) is 5.30. The Labute approximate surface area is 195 Å². The van der Waals surface area contributed by atoms with Crippen molar-refractivity contribution in [2.45, 2.75) is 13.0 Å². The van der Waals surface area contributed by atoms with Gasteiger partial charge in [-0.1, -0.05) is 66.2 Å². The molecular formula is C29H27N3O. The number of rotatable bonds is 8. The van der Waals surface area contributed by atoms with Crippen molar-refractivity contribution in [3.63, 3.8) is 0 Å². The van der Waals surface area contributed by atoms with Gasteiger partial charge in [-0.05, 0) is 61.0 Å². The highest BCUT2D eigenvalue weighted by Gasteiger charge is 2.25. The molecule has 164 valence electrons. The molecule has 1 atom stereocenters. The van der Waals surface area contributed by atoms with E-state index in [2.05, 4.69) is 109 Å². The highest BCUT2D eigenvalue weighted by molar-refractivity contribution is 5.83. The van der Waals surface area contributed by atoms with Crippen molar-refractivity contribution in [2.24, 2.45) is 5.10 Å². The van der Waals surface area contributed by atoms with Gasteiger partial charge in [-0.3, -0.25) is 5.01 Å². The average Bonchev–Trinajstić information content (AvgIpc) is 3.69. The van der Waals surface area contributed by atoms with Crippen LogP contribution in [-0.4, -0.2) is 25.5 Å². The van der Waals surface area contributed by atoms with E-state index in [0.717, 1.165) is 41.5 Å². The molecule has 0 amide bonds. The van der Waals surface area contributed by atoms with Crippen LogP contribution in [0.1, 0.15) is 11.1 Å². The predicted molar refractivity (Wildman–Crippen MR) is 137 cm³/mol. The van der Waals surface area contributed by atoms with Crippen LogP contribution in [0.2, 0.25) is 0 Å². The molecule has 1 heterocycles. The SMILES string of the molecule is Cc1ccc(N(CC2CO2)/N=C/c2ccc(N(c3ccccc3)c3ccccc3)cc2)cc1. The molecule has 0 aliphatic carbocycles. The molecule has 0 spiro atoms. The third-order valence-corrected chi connectivity index (χ3v) is 5.64. The minimum Gasteiger partial charge on any atom is -0.371 e. The van der Waals surface area contributed by atoms with Crippen LogP contribution in [0.25, 0.3) is 0 Å². The maximum atomic E-state index is 5.44. The van der Waals surface area contributed by atoms with Crippen molar-refractivity contribution in [2.75, 3.05) is 23.1 Å². The quantitative estimate of drug-likeness (QED) is 0.176. The number of hydrogen-bond acceptors (Lipinski definition) is 4. The van der Waals surface area contributed by atoms with E-state index in [1.165, 1.54) is 5.56 Å². The van der Waals surface area contributed by atoms with E-state index in [1.807, 2.05) is 23.4 Å². The van der Waals surface area contributed by atoms with Gasteiger partial charge in [0.1, 0.15) is 6.10 Å². The van der Waals surface area contributed by atoms with Crippen molar-refractivity contribution in [3.05, 3.63) is 120 Å². The number of anilines is 4. The number of benzene rings is 4. The second kappa shape index (κ2) is 9.72. The molecule has 0 radical (unpaired) electrons. The first-order chi connectivity index (χ1) is 16.3. The molecule has 1 aliphatic rings. The molecule has 4 aromatic carbocycles. The second-order valence-corrected chi connectivity index (χ2v) is 8.22. The molecule has 0 N–H and O–H groups in total. The van der Waals surface area contributed by atoms with E-state index in [1.54, 1.807) is 0 Å². The molecule has 0 saturated carbocycles. The van der Waals surface area contributed by atoms with Crippen LogP contribution in [0, 0.1) is 6.92 Å². The van der Waals surface area contributed by atoms with Gasteiger partial charge in [-0.2, -0.15) is 5.10 Å². The van der Waals surface area contributed by atoms with Crippen molar-refractivity contribution >= 4 is 29.0 Å². The first kappa shape index (κ1) is 21.0. The van der Waals surface area contributed by atoms with Gasteiger partial charge in [-0.15, -0.1) is 0 Å². The highest BCUT2D eigenvalue weighted by atomic mass is 16.6. The molecule has 0 bridgehead atoms. The van der Waals surface area contributed by atoms with Crippen LogP contribution in [0.15, 0.2) is 114 Å². The summed E-state index contributed by atoms with van der Waals surface area (Å²) in [6, 6.07) is 37.8. The van der Waals surface area contributed by atoms with Crippen LogP contribution < -0.4 is 9.91 Å². The van der Waals surface area contributed by atoms with Crippen LogP contribution in [0.3, 0.4) is 0 Å². The number of para-hydroxylation sites is 2. The topological polar surface area (TPSA) is 31.4 Å². The van der Waals surface area contributed by atoms with E-state index >= 15 is 0 Å². The van der Waals surface area contributed by atoms with Gasteiger partial charge in [0, 0.05) is 17.1 Å². The fraction of sp³-hybridized carbons (Fsp3) is 0.138. The number of ether oxygens (including phenoxy) is 1. The summed E-state index contributed by atoms with van der Waals surface area (Å²) in [6.45, 7) is 3.66. The van der Waals surface area contributed by atoms with Crippen LogP contribution in [0.5, 0.6) is 0 Å². The summed E-state index contributed by atoms with van der Waals surface area (Å²) in [5.74, 6) is 0. The molecule has 1 fully saturated rings. The van der Waals surface area contributed by atoms with Gasteiger partial charge in [0.15, 0.2) is 0 Å². The molecule has 5 rings (SSSR count). The lowest BCUT2D eigenvalue weighted by molar-refractivity contribution is 0.408. The lowest BCUT2D eigenvalue weighted by Gasteiger charge is -2.25. The Hall–Kier alpha value is -3.89. The molecule has 4 aromatic rings. The van der Waals surface area contributed by atoms with E-state index in [4.69, 9.17) is 9.84 Å². The zero-order valence-corrected chi connectivity index (χ0v) is 18.7.